The highest BCUT2D eigenvalue weighted by atomic mass is 16.3. The summed E-state index contributed by atoms with van der Waals surface area (Å²) in [7, 11) is 0. The van der Waals surface area contributed by atoms with Crippen LogP contribution < -0.4 is 5.56 Å². The Hall–Kier alpha value is -2.07. The fourth-order valence-corrected chi connectivity index (χ4v) is 4.14. The monoisotopic (exact) mass is 310 g/mol. The van der Waals surface area contributed by atoms with Crippen LogP contribution in [0.2, 0.25) is 0 Å². The maximum Gasteiger partial charge on any atom is 0.250 e. The van der Waals surface area contributed by atoms with Gasteiger partial charge in [0.25, 0.3) is 5.56 Å². The van der Waals surface area contributed by atoms with Crippen molar-refractivity contribution >= 4 is 6.08 Å². The topological polar surface area (TPSA) is 38.4 Å². The van der Waals surface area contributed by atoms with Crippen molar-refractivity contribution < 1.29 is 4.42 Å². The molecule has 120 valence electrons. The first-order chi connectivity index (χ1) is 11.2. The highest BCUT2D eigenvalue weighted by Crippen LogP contribution is 2.35. The highest BCUT2D eigenvalue weighted by Gasteiger charge is 2.34. The van der Waals surface area contributed by atoms with E-state index < -0.39 is 0 Å². The third-order valence-electron chi connectivity index (χ3n) is 4.96. The molecular formula is C19H22N2O2. The van der Waals surface area contributed by atoms with Crippen LogP contribution in [0.1, 0.15) is 30.7 Å². The van der Waals surface area contributed by atoms with Crippen molar-refractivity contribution in [1.29, 1.82) is 0 Å². The second-order valence-electron chi connectivity index (χ2n) is 6.90. The summed E-state index contributed by atoms with van der Waals surface area (Å²) in [5.74, 6) is 1.97. The molecule has 2 bridgehead atoms. The number of hydrogen-bond donors (Lipinski definition) is 0. The first kappa shape index (κ1) is 14.5. The quantitative estimate of drug-likeness (QED) is 0.875. The summed E-state index contributed by atoms with van der Waals surface area (Å²) in [5.41, 5.74) is 2.68. The molecule has 4 heterocycles. The van der Waals surface area contributed by atoms with Crippen LogP contribution in [0.25, 0.3) is 6.08 Å². The fourth-order valence-electron chi connectivity index (χ4n) is 4.14. The van der Waals surface area contributed by atoms with E-state index in [0.29, 0.717) is 11.8 Å². The van der Waals surface area contributed by atoms with Crippen LogP contribution in [0, 0.1) is 5.92 Å². The SMILES string of the molecule is C/C(=C\c1ccco1)CN1C[C@@H]2C[C@H](C1)c1cccc(=O)n1C2. The molecule has 0 radical (unpaired) electrons. The molecule has 4 nitrogen and oxygen atoms in total. The average Bonchev–Trinajstić information content (AvgIpc) is 3.01. The lowest BCUT2D eigenvalue weighted by molar-refractivity contribution is 0.129. The molecule has 4 heteroatoms. The van der Waals surface area contributed by atoms with Crippen LogP contribution in [0.4, 0.5) is 0 Å². The Kier molecular flexibility index (Phi) is 3.69. The van der Waals surface area contributed by atoms with E-state index in [2.05, 4.69) is 24.0 Å². The molecule has 0 saturated carbocycles. The van der Waals surface area contributed by atoms with Gasteiger partial charge in [0.2, 0.25) is 0 Å². The van der Waals surface area contributed by atoms with Crippen molar-refractivity contribution in [3.8, 4) is 0 Å². The van der Waals surface area contributed by atoms with Crippen LogP contribution in [-0.4, -0.2) is 29.1 Å². The molecule has 0 aliphatic carbocycles. The number of rotatable bonds is 3. The van der Waals surface area contributed by atoms with Crippen molar-refractivity contribution in [2.45, 2.75) is 25.8 Å². The van der Waals surface area contributed by atoms with Crippen LogP contribution in [-0.2, 0) is 6.54 Å². The standard InChI is InChI=1S/C19H22N2O2/c1-14(8-17-4-3-7-23-17)10-20-11-15-9-16(13-20)18-5-2-6-19(22)21(18)12-15/h2-8,15-16H,9-13H2,1H3/b14-8+/t15-,16+/m0/s1. The van der Waals surface area contributed by atoms with Crippen molar-refractivity contribution in [2.75, 3.05) is 19.6 Å². The molecule has 0 spiro atoms. The van der Waals surface area contributed by atoms with E-state index in [1.807, 2.05) is 22.8 Å². The van der Waals surface area contributed by atoms with Crippen LogP contribution in [0.3, 0.4) is 0 Å². The normalized spacial score (nSPS) is 24.5. The molecule has 0 aromatic carbocycles. The molecule has 2 aromatic heterocycles. The predicted molar refractivity (Wildman–Crippen MR) is 90.3 cm³/mol. The Balaban J connectivity index is 1.51. The van der Waals surface area contributed by atoms with Gasteiger partial charge in [-0.25, -0.2) is 0 Å². The molecule has 2 aromatic rings. The molecule has 0 N–H and O–H groups in total. The van der Waals surface area contributed by atoms with E-state index in [4.69, 9.17) is 4.42 Å². The first-order valence-corrected chi connectivity index (χ1v) is 8.32. The number of furan rings is 1. The fraction of sp³-hybridized carbons (Fsp3) is 0.421. The average molecular weight is 310 g/mol. The first-order valence-electron chi connectivity index (χ1n) is 8.32. The minimum Gasteiger partial charge on any atom is -0.465 e. The lowest BCUT2D eigenvalue weighted by Crippen LogP contribution is -2.47. The van der Waals surface area contributed by atoms with Gasteiger partial charge in [-0.1, -0.05) is 11.6 Å². The van der Waals surface area contributed by atoms with Crippen LogP contribution in [0.15, 0.2) is 51.4 Å². The Labute approximate surface area is 136 Å². The van der Waals surface area contributed by atoms with Crippen LogP contribution in [0.5, 0.6) is 0 Å². The zero-order chi connectivity index (χ0) is 15.8. The molecule has 2 aliphatic rings. The van der Waals surface area contributed by atoms with Crippen molar-refractivity contribution in [3.63, 3.8) is 0 Å². The van der Waals surface area contributed by atoms with Gasteiger partial charge in [-0.05, 0) is 43.5 Å². The van der Waals surface area contributed by atoms with Crippen LogP contribution >= 0.6 is 0 Å². The number of pyridine rings is 1. The Morgan fingerprint density at radius 2 is 2.17 bits per heavy atom. The van der Waals surface area contributed by atoms with Gasteiger partial charge in [0, 0.05) is 43.9 Å². The molecule has 1 saturated heterocycles. The Morgan fingerprint density at radius 3 is 3.00 bits per heavy atom. The van der Waals surface area contributed by atoms with Crippen molar-refractivity contribution in [2.24, 2.45) is 5.92 Å². The summed E-state index contributed by atoms with van der Waals surface area (Å²) in [6.45, 7) is 6.09. The molecule has 2 aliphatic heterocycles. The number of hydrogen-bond acceptors (Lipinski definition) is 3. The highest BCUT2D eigenvalue weighted by molar-refractivity contribution is 5.46. The van der Waals surface area contributed by atoms with E-state index in [1.54, 1.807) is 12.3 Å². The smallest absolute Gasteiger partial charge is 0.250 e. The molecule has 4 rings (SSSR count). The van der Waals surface area contributed by atoms with Gasteiger partial charge in [-0.2, -0.15) is 0 Å². The Morgan fingerprint density at radius 1 is 1.26 bits per heavy atom. The maximum atomic E-state index is 12.1. The lowest BCUT2D eigenvalue weighted by Gasteiger charge is -2.42. The number of fused-ring (bicyclic) bond motifs is 4. The van der Waals surface area contributed by atoms with E-state index in [9.17, 15) is 4.79 Å². The van der Waals surface area contributed by atoms with E-state index in [0.717, 1.165) is 31.9 Å². The number of aromatic nitrogens is 1. The van der Waals surface area contributed by atoms with Gasteiger partial charge < -0.3 is 8.98 Å². The number of nitrogens with zero attached hydrogens (tertiary/aromatic N) is 2. The third-order valence-corrected chi connectivity index (χ3v) is 4.96. The van der Waals surface area contributed by atoms with Crippen molar-refractivity contribution in [1.82, 2.24) is 9.47 Å². The summed E-state index contributed by atoms with van der Waals surface area (Å²) in [6.07, 6.45) is 5.03. The zero-order valence-corrected chi connectivity index (χ0v) is 13.4. The molecular weight excluding hydrogens is 288 g/mol. The predicted octanol–water partition coefficient (Wildman–Crippen LogP) is 2.96. The van der Waals surface area contributed by atoms with E-state index in [1.165, 1.54) is 17.7 Å². The summed E-state index contributed by atoms with van der Waals surface area (Å²) >= 11 is 0. The lowest BCUT2D eigenvalue weighted by atomic mass is 9.83. The van der Waals surface area contributed by atoms with Gasteiger partial charge >= 0.3 is 0 Å². The van der Waals surface area contributed by atoms with Gasteiger partial charge in [0.1, 0.15) is 5.76 Å². The molecule has 0 unspecified atom stereocenters. The van der Waals surface area contributed by atoms with E-state index >= 15 is 0 Å². The molecule has 1 fully saturated rings. The third kappa shape index (κ3) is 2.91. The largest absolute Gasteiger partial charge is 0.465 e. The second kappa shape index (κ2) is 5.85. The minimum absolute atomic E-state index is 0.152. The molecule has 0 amide bonds. The maximum absolute atomic E-state index is 12.1. The van der Waals surface area contributed by atoms with Gasteiger partial charge in [0.15, 0.2) is 0 Å². The number of piperidine rings is 1. The van der Waals surface area contributed by atoms with Gasteiger partial charge in [0.05, 0.1) is 6.26 Å². The van der Waals surface area contributed by atoms with Gasteiger partial charge in [-0.3, -0.25) is 9.69 Å². The summed E-state index contributed by atoms with van der Waals surface area (Å²) in [4.78, 5) is 14.6. The second-order valence-corrected chi connectivity index (χ2v) is 6.90. The van der Waals surface area contributed by atoms with E-state index in [-0.39, 0.29) is 5.56 Å². The molecule has 23 heavy (non-hydrogen) atoms. The summed E-state index contributed by atoms with van der Waals surface area (Å²) < 4.78 is 7.38. The number of likely N-dealkylation sites (tertiary alicyclic amines) is 1. The van der Waals surface area contributed by atoms with Crippen molar-refractivity contribution in [3.05, 3.63) is 64.0 Å². The Bertz CT molecular complexity index is 773. The summed E-state index contributed by atoms with van der Waals surface area (Å²) in [5, 5.41) is 0. The van der Waals surface area contributed by atoms with Gasteiger partial charge in [-0.15, -0.1) is 0 Å². The zero-order valence-electron chi connectivity index (χ0n) is 13.4. The minimum atomic E-state index is 0.152. The molecule has 2 atom stereocenters. The summed E-state index contributed by atoms with van der Waals surface area (Å²) in [6, 6.07) is 9.60.